The Balaban J connectivity index is 2.07. The van der Waals surface area contributed by atoms with E-state index in [4.69, 9.17) is 27.9 Å². The fourth-order valence-electron chi connectivity index (χ4n) is 4.14. The van der Waals surface area contributed by atoms with E-state index in [1.54, 1.807) is 61.5 Å². The zero-order chi connectivity index (χ0) is 31.0. The molecule has 0 radical (unpaired) electrons. The van der Waals surface area contributed by atoms with Gasteiger partial charge in [0.15, 0.2) is 0 Å². The van der Waals surface area contributed by atoms with Gasteiger partial charge < -0.3 is 15.0 Å². The fraction of sp³-hybridized carbons (Fsp3) is 0.355. The Morgan fingerprint density at radius 1 is 0.929 bits per heavy atom. The summed E-state index contributed by atoms with van der Waals surface area (Å²) in [7, 11) is -4.19. The highest BCUT2D eigenvalue weighted by Gasteiger charge is 2.33. The predicted octanol–water partition coefficient (Wildman–Crippen LogP) is 6.23. The van der Waals surface area contributed by atoms with E-state index in [1.807, 2.05) is 27.7 Å². The van der Waals surface area contributed by atoms with Crippen molar-refractivity contribution in [3.63, 3.8) is 0 Å². The number of carbonyl (C=O) groups is 2. The summed E-state index contributed by atoms with van der Waals surface area (Å²) in [6.07, 6.45) is 0.697. The molecule has 0 saturated heterocycles. The summed E-state index contributed by atoms with van der Waals surface area (Å²) < 4.78 is 34.5. The third-order valence-electron chi connectivity index (χ3n) is 6.88. The van der Waals surface area contributed by atoms with Gasteiger partial charge in [-0.3, -0.25) is 13.9 Å². The first-order valence-electron chi connectivity index (χ1n) is 13.7. The summed E-state index contributed by atoms with van der Waals surface area (Å²) in [6.45, 7) is 8.86. The number of halogens is 2. The number of sulfonamides is 1. The summed E-state index contributed by atoms with van der Waals surface area (Å²) in [5.41, 5.74) is 1.60. The van der Waals surface area contributed by atoms with E-state index < -0.39 is 28.5 Å². The predicted molar refractivity (Wildman–Crippen MR) is 168 cm³/mol. The summed E-state index contributed by atoms with van der Waals surface area (Å²) in [4.78, 5) is 28.6. The summed E-state index contributed by atoms with van der Waals surface area (Å²) >= 11 is 12.9. The Morgan fingerprint density at radius 2 is 1.52 bits per heavy atom. The van der Waals surface area contributed by atoms with Crippen LogP contribution in [-0.4, -0.2) is 50.4 Å². The minimum absolute atomic E-state index is 0.0260. The summed E-state index contributed by atoms with van der Waals surface area (Å²) in [5, 5.41) is 3.55. The van der Waals surface area contributed by atoms with E-state index >= 15 is 0 Å². The van der Waals surface area contributed by atoms with E-state index in [0.29, 0.717) is 34.4 Å². The molecule has 3 rings (SSSR count). The zero-order valence-corrected chi connectivity index (χ0v) is 26.8. The lowest BCUT2D eigenvalue weighted by Crippen LogP contribution is -2.52. The van der Waals surface area contributed by atoms with Crippen molar-refractivity contribution >= 4 is 50.7 Å². The molecule has 1 N–H and O–H groups in total. The lowest BCUT2D eigenvalue weighted by atomic mass is 10.1. The number of hydrogen-bond donors (Lipinski definition) is 1. The van der Waals surface area contributed by atoms with Gasteiger partial charge in [-0.25, -0.2) is 8.42 Å². The molecule has 8 nitrogen and oxygen atoms in total. The quantitative estimate of drug-likeness (QED) is 0.241. The highest BCUT2D eigenvalue weighted by Crippen LogP contribution is 2.29. The van der Waals surface area contributed by atoms with Gasteiger partial charge in [0.2, 0.25) is 11.8 Å². The minimum atomic E-state index is -4.19. The van der Waals surface area contributed by atoms with E-state index in [9.17, 15) is 18.0 Å². The maximum Gasteiger partial charge on any atom is 0.264 e. The SMILES string of the molecule is CCOc1ccc(N(CC(=O)N(Cc2c(Cl)cccc2Cl)[C@@H](C)C(=O)N[C@H](C)CC)S(=O)(=O)c2ccc(C)cc2)cc1. The van der Waals surface area contributed by atoms with Crippen LogP contribution in [0.25, 0.3) is 0 Å². The van der Waals surface area contributed by atoms with Gasteiger partial charge in [-0.2, -0.15) is 0 Å². The van der Waals surface area contributed by atoms with Crippen LogP contribution in [-0.2, 0) is 26.2 Å². The topological polar surface area (TPSA) is 96.0 Å². The third kappa shape index (κ3) is 8.18. The van der Waals surface area contributed by atoms with Gasteiger partial charge in [0.05, 0.1) is 17.2 Å². The Labute approximate surface area is 258 Å². The number of nitrogens with zero attached hydrogens (tertiary/aromatic N) is 2. The Bertz CT molecular complexity index is 1460. The molecule has 11 heteroatoms. The summed E-state index contributed by atoms with van der Waals surface area (Å²) in [6, 6.07) is 16.7. The number of rotatable bonds is 13. The molecule has 0 aliphatic heterocycles. The molecule has 0 fully saturated rings. The normalized spacial score (nSPS) is 12.7. The van der Waals surface area contributed by atoms with Crippen molar-refractivity contribution in [2.45, 2.75) is 64.6 Å². The molecule has 0 spiro atoms. The van der Waals surface area contributed by atoms with E-state index in [2.05, 4.69) is 5.32 Å². The lowest BCUT2D eigenvalue weighted by Gasteiger charge is -2.33. The second-order valence-electron chi connectivity index (χ2n) is 9.97. The summed E-state index contributed by atoms with van der Waals surface area (Å²) in [5.74, 6) is -0.428. The van der Waals surface area contributed by atoms with Gasteiger partial charge in [0, 0.05) is 28.2 Å². The van der Waals surface area contributed by atoms with Crippen molar-refractivity contribution in [2.75, 3.05) is 17.5 Å². The minimum Gasteiger partial charge on any atom is -0.494 e. The van der Waals surface area contributed by atoms with Crippen molar-refractivity contribution in [3.05, 3.63) is 87.9 Å². The Morgan fingerprint density at radius 3 is 2.07 bits per heavy atom. The molecule has 3 aromatic rings. The van der Waals surface area contributed by atoms with Crippen LogP contribution in [0.15, 0.2) is 71.6 Å². The molecular formula is C31H37Cl2N3O5S. The number of benzene rings is 3. The average Bonchev–Trinajstić information content (AvgIpc) is 2.96. The van der Waals surface area contributed by atoms with Crippen LogP contribution >= 0.6 is 23.2 Å². The Hall–Kier alpha value is -3.27. The first-order chi connectivity index (χ1) is 19.9. The first kappa shape index (κ1) is 33.2. The lowest BCUT2D eigenvalue weighted by molar-refractivity contribution is -0.139. The molecule has 0 heterocycles. The van der Waals surface area contributed by atoms with Crippen LogP contribution < -0.4 is 14.4 Å². The number of aryl methyl sites for hydroxylation is 1. The number of nitrogens with one attached hydrogen (secondary N) is 1. The first-order valence-corrected chi connectivity index (χ1v) is 15.9. The molecular weight excluding hydrogens is 597 g/mol. The molecule has 2 amide bonds. The number of ether oxygens (including phenoxy) is 1. The maximum absolute atomic E-state index is 14.1. The number of hydrogen-bond acceptors (Lipinski definition) is 5. The van der Waals surface area contributed by atoms with Crippen LogP contribution in [0.2, 0.25) is 10.0 Å². The van der Waals surface area contributed by atoms with Crippen LogP contribution in [0.4, 0.5) is 5.69 Å². The average molecular weight is 635 g/mol. The number of amides is 2. The van der Waals surface area contributed by atoms with E-state index in [0.717, 1.165) is 9.87 Å². The van der Waals surface area contributed by atoms with Crippen LogP contribution in [0.3, 0.4) is 0 Å². The van der Waals surface area contributed by atoms with Crippen molar-refractivity contribution in [1.82, 2.24) is 10.2 Å². The van der Waals surface area contributed by atoms with Gasteiger partial charge >= 0.3 is 0 Å². The van der Waals surface area contributed by atoms with Crippen LogP contribution in [0.1, 0.15) is 45.2 Å². The molecule has 3 aromatic carbocycles. The van der Waals surface area contributed by atoms with Gasteiger partial charge in [-0.05, 0) is 82.6 Å². The molecule has 42 heavy (non-hydrogen) atoms. The van der Waals surface area contributed by atoms with Crippen LogP contribution in [0.5, 0.6) is 5.75 Å². The molecule has 226 valence electrons. The van der Waals surface area contributed by atoms with Gasteiger partial charge in [-0.1, -0.05) is 53.9 Å². The smallest absolute Gasteiger partial charge is 0.264 e. The van der Waals surface area contributed by atoms with Gasteiger partial charge in [-0.15, -0.1) is 0 Å². The highest BCUT2D eigenvalue weighted by atomic mass is 35.5. The highest BCUT2D eigenvalue weighted by molar-refractivity contribution is 7.92. The Kier molecular flexibility index (Phi) is 11.7. The monoisotopic (exact) mass is 633 g/mol. The van der Waals surface area contributed by atoms with Crippen molar-refractivity contribution in [3.8, 4) is 5.75 Å². The molecule has 0 unspecified atom stereocenters. The zero-order valence-electron chi connectivity index (χ0n) is 24.4. The second-order valence-corrected chi connectivity index (χ2v) is 12.6. The number of anilines is 1. The van der Waals surface area contributed by atoms with Crippen molar-refractivity contribution < 1.29 is 22.7 Å². The molecule has 2 atom stereocenters. The second kappa shape index (κ2) is 14.8. The van der Waals surface area contributed by atoms with Crippen molar-refractivity contribution in [1.29, 1.82) is 0 Å². The third-order valence-corrected chi connectivity index (χ3v) is 9.38. The van der Waals surface area contributed by atoms with E-state index in [1.165, 1.54) is 17.0 Å². The molecule has 0 aliphatic carbocycles. The molecule has 0 bridgehead atoms. The van der Waals surface area contributed by atoms with Gasteiger partial charge in [0.25, 0.3) is 10.0 Å². The van der Waals surface area contributed by atoms with Gasteiger partial charge in [0.1, 0.15) is 18.3 Å². The molecule has 0 saturated carbocycles. The maximum atomic E-state index is 14.1. The molecule has 0 aliphatic rings. The molecule has 0 aromatic heterocycles. The standard InChI is InChI=1S/C31H37Cl2N3O5S/c1-6-22(4)34-31(38)23(5)35(19-27-28(32)9-8-10-29(27)33)30(37)20-36(24-13-15-25(16-14-24)41-7-2)42(39,40)26-17-11-21(3)12-18-26/h8-18,22-23H,6-7,19-20H2,1-5H3,(H,34,38)/t22-,23+/m1/s1. The van der Waals surface area contributed by atoms with Crippen LogP contribution in [0, 0.1) is 6.92 Å². The van der Waals surface area contributed by atoms with Crippen molar-refractivity contribution in [2.24, 2.45) is 0 Å². The van der Waals surface area contributed by atoms with E-state index in [-0.39, 0.29) is 29.1 Å². The largest absolute Gasteiger partial charge is 0.494 e. The fourth-order valence-corrected chi connectivity index (χ4v) is 6.07. The number of carbonyl (C=O) groups excluding carboxylic acids is 2.